The second kappa shape index (κ2) is 9.67. The van der Waals surface area contributed by atoms with Crippen LogP contribution in [0.5, 0.6) is 5.75 Å². The molecule has 1 aromatic carbocycles. The van der Waals surface area contributed by atoms with E-state index >= 15 is 0 Å². The largest absolute Gasteiger partial charge is 0.492 e. The Labute approximate surface area is 187 Å². The number of aromatic nitrogens is 3. The van der Waals surface area contributed by atoms with E-state index in [9.17, 15) is 9.50 Å². The van der Waals surface area contributed by atoms with Crippen molar-refractivity contribution >= 4 is 5.82 Å². The summed E-state index contributed by atoms with van der Waals surface area (Å²) in [5.41, 5.74) is 2.44. The van der Waals surface area contributed by atoms with Crippen LogP contribution < -0.4 is 15.0 Å². The minimum absolute atomic E-state index is 0.357. The summed E-state index contributed by atoms with van der Waals surface area (Å²) in [5.74, 6) is 1.16. The molecule has 1 aliphatic rings. The fourth-order valence-electron chi connectivity index (χ4n) is 4.05. The molecule has 2 N–H and O–H groups in total. The van der Waals surface area contributed by atoms with Crippen LogP contribution in [0, 0.1) is 19.7 Å². The van der Waals surface area contributed by atoms with Crippen LogP contribution in [0.2, 0.25) is 0 Å². The maximum Gasteiger partial charge on any atom is 0.141 e. The van der Waals surface area contributed by atoms with E-state index in [1.807, 2.05) is 47.7 Å². The number of rotatable bonds is 9. The van der Waals surface area contributed by atoms with E-state index in [0.29, 0.717) is 51.6 Å². The molecule has 4 rings (SSSR count). The van der Waals surface area contributed by atoms with E-state index in [4.69, 9.17) is 4.74 Å². The molecule has 1 aliphatic heterocycles. The first kappa shape index (κ1) is 22.2. The molecule has 170 valence electrons. The van der Waals surface area contributed by atoms with E-state index in [1.54, 1.807) is 6.07 Å². The molecule has 0 amide bonds. The van der Waals surface area contributed by atoms with Gasteiger partial charge in [0, 0.05) is 31.9 Å². The van der Waals surface area contributed by atoms with Gasteiger partial charge in [0.25, 0.3) is 0 Å². The summed E-state index contributed by atoms with van der Waals surface area (Å²) in [6, 6.07) is 13.1. The highest BCUT2D eigenvalue weighted by Crippen LogP contribution is 2.25. The van der Waals surface area contributed by atoms with Crippen molar-refractivity contribution in [3.63, 3.8) is 0 Å². The Morgan fingerprint density at radius 2 is 2.00 bits per heavy atom. The third kappa shape index (κ3) is 5.63. The molecule has 1 atom stereocenters. The van der Waals surface area contributed by atoms with Gasteiger partial charge in [-0.1, -0.05) is 12.1 Å². The molecule has 0 aliphatic carbocycles. The smallest absolute Gasteiger partial charge is 0.141 e. The van der Waals surface area contributed by atoms with Crippen LogP contribution >= 0.6 is 0 Å². The summed E-state index contributed by atoms with van der Waals surface area (Å²) in [5, 5.41) is 18.7. The molecule has 0 radical (unpaired) electrons. The van der Waals surface area contributed by atoms with Crippen molar-refractivity contribution in [2.24, 2.45) is 0 Å². The van der Waals surface area contributed by atoms with E-state index in [-0.39, 0.29) is 5.82 Å². The van der Waals surface area contributed by atoms with Crippen molar-refractivity contribution in [3.8, 4) is 5.75 Å². The van der Waals surface area contributed by atoms with Crippen molar-refractivity contribution in [2.75, 3.05) is 31.1 Å². The zero-order chi connectivity index (χ0) is 22.6. The lowest BCUT2D eigenvalue weighted by molar-refractivity contribution is 0.0626. The third-order valence-corrected chi connectivity index (χ3v) is 5.75. The summed E-state index contributed by atoms with van der Waals surface area (Å²) in [7, 11) is 0. The third-order valence-electron chi connectivity index (χ3n) is 5.75. The van der Waals surface area contributed by atoms with Gasteiger partial charge in [-0.3, -0.25) is 4.68 Å². The molecule has 0 bridgehead atoms. The number of anilines is 1. The maximum atomic E-state index is 13.1. The molecule has 0 unspecified atom stereocenters. The SMILES string of the molecule is Cc1cc(C)n(CCOc2ccc(CNC[C@@]3(O)CCN(c4ccc(F)cn4)C3)cc2)n1. The minimum atomic E-state index is -0.831. The minimum Gasteiger partial charge on any atom is -0.492 e. The lowest BCUT2D eigenvalue weighted by Gasteiger charge is -2.24. The van der Waals surface area contributed by atoms with E-state index in [2.05, 4.69) is 21.5 Å². The average Bonchev–Trinajstić information content (AvgIpc) is 3.31. The normalized spacial score (nSPS) is 18.3. The molecule has 3 heterocycles. The van der Waals surface area contributed by atoms with Gasteiger partial charge in [0.05, 0.1) is 24.0 Å². The summed E-state index contributed by atoms with van der Waals surface area (Å²) in [6.07, 6.45) is 1.85. The van der Waals surface area contributed by atoms with Gasteiger partial charge >= 0.3 is 0 Å². The first-order valence-electron chi connectivity index (χ1n) is 10.9. The van der Waals surface area contributed by atoms with Crippen LogP contribution in [0.3, 0.4) is 0 Å². The van der Waals surface area contributed by atoms with Crippen LogP contribution in [0.15, 0.2) is 48.7 Å². The molecule has 0 saturated carbocycles. The fraction of sp³-hybridized carbons (Fsp3) is 0.417. The average molecular weight is 440 g/mol. The van der Waals surface area contributed by atoms with Gasteiger partial charge < -0.3 is 20.1 Å². The number of nitrogens with one attached hydrogen (secondary N) is 1. The standard InChI is InChI=1S/C24H30FN5O2/c1-18-13-19(2)30(28-18)11-12-32-22-6-3-20(4-7-22)14-26-16-24(31)9-10-29(17-24)23-8-5-21(25)15-27-23/h3-8,13,15,26,31H,9-12,14,16-17H2,1-2H3/t24-/m0/s1. The highest BCUT2D eigenvalue weighted by Gasteiger charge is 2.36. The van der Waals surface area contributed by atoms with Gasteiger partial charge in [0.2, 0.25) is 0 Å². The van der Waals surface area contributed by atoms with Crippen LogP contribution in [0.4, 0.5) is 10.2 Å². The van der Waals surface area contributed by atoms with E-state index in [1.165, 1.54) is 12.3 Å². The van der Waals surface area contributed by atoms with Crippen molar-refractivity contribution in [1.82, 2.24) is 20.1 Å². The van der Waals surface area contributed by atoms with Crippen LogP contribution in [-0.4, -0.2) is 51.7 Å². The molecule has 1 fully saturated rings. The number of hydrogen-bond acceptors (Lipinski definition) is 6. The number of β-amino-alcohol motifs (C(OH)–C–C–N with tert-alkyl or cyclic N) is 1. The molecular formula is C24H30FN5O2. The summed E-state index contributed by atoms with van der Waals surface area (Å²) >= 11 is 0. The first-order valence-corrected chi connectivity index (χ1v) is 10.9. The second-order valence-corrected chi connectivity index (χ2v) is 8.48. The topological polar surface area (TPSA) is 75.4 Å². The number of aryl methyl sites for hydroxylation is 2. The summed E-state index contributed by atoms with van der Waals surface area (Å²) in [6.45, 7) is 7.61. The van der Waals surface area contributed by atoms with Gasteiger partial charge in [-0.25, -0.2) is 9.37 Å². The monoisotopic (exact) mass is 439 g/mol. The van der Waals surface area contributed by atoms with E-state index in [0.717, 1.165) is 22.7 Å². The number of pyridine rings is 1. The molecule has 32 heavy (non-hydrogen) atoms. The highest BCUT2D eigenvalue weighted by molar-refractivity contribution is 5.40. The predicted octanol–water partition coefficient (Wildman–Crippen LogP) is 2.84. The fourth-order valence-corrected chi connectivity index (χ4v) is 4.05. The Morgan fingerprint density at radius 3 is 2.69 bits per heavy atom. The summed E-state index contributed by atoms with van der Waals surface area (Å²) in [4.78, 5) is 6.09. The number of benzene rings is 1. The number of halogens is 1. The zero-order valence-corrected chi connectivity index (χ0v) is 18.6. The Balaban J connectivity index is 1.20. The molecule has 7 nitrogen and oxygen atoms in total. The van der Waals surface area contributed by atoms with Crippen molar-refractivity contribution in [1.29, 1.82) is 0 Å². The second-order valence-electron chi connectivity index (χ2n) is 8.48. The Kier molecular flexibility index (Phi) is 6.72. The Hall–Kier alpha value is -2.97. The van der Waals surface area contributed by atoms with E-state index < -0.39 is 5.60 Å². The predicted molar refractivity (Wildman–Crippen MR) is 121 cm³/mol. The maximum absolute atomic E-state index is 13.1. The van der Waals surface area contributed by atoms with Gasteiger partial charge in [-0.15, -0.1) is 0 Å². The van der Waals surface area contributed by atoms with Gasteiger partial charge in [0.15, 0.2) is 0 Å². The van der Waals surface area contributed by atoms with Gasteiger partial charge in [-0.2, -0.15) is 5.10 Å². The molecule has 2 aromatic heterocycles. The van der Waals surface area contributed by atoms with Crippen molar-refractivity contribution in [2.45, 2.75) is 39.0 Å². The number of aliphatic hydroxyl groups is 1. The van der Waals surface area contributed by atoms with Crippen LogP contribution in [0.25, 0.3) is 0 Å². The lowest BCUT2D eigenvalue weighted by atomic mass is 10.0. The number of hydrogen-bond donors (Lipinski definition) is 2. The molecule has 3 aromatic rings. The molecule has 0 spiro atoms. The quantitative estimate of drug-likeness (QED) is 0.534. The highest BCUT2D eigenvalue weighted by atomic mass is 19.1. The van der Waals surface area contributed by atoms with Crippen LogP contribution in [0.1, 0.15) is 23.4 Å². The summed E-state index contributed by atoms with van der Waals surface area (Å²) < 4.78 is 20.9. The lowest BCUT2D eigenvalue weighted by Crippen LogP contribution is -2.43. The number of nitrogens with zero attached hydrogens (tertiary/aromatic N) is 4. The molecule has 1 saturated heterocycles. The van der Waals surface area contributed by atoms with Gasteiger partial charge in [0.1, 0.15) is 24.0 Å². The van der Waals surface area contributed by atoms with Crippen molar-refractivity contribution < 1.29 is 14.2 Å². The van der Waals surface area contributed by atoms with Crippen LogP contribution in [-0.2, 0) is 13.1 Å². The van der Waals surface area contributed by atoms with Crippen molar-refractivity contribution in [3.05, 3.63) is 71.4 Å². The number of ether oxygens (including phenoxy) is 1. The Morgan fingerprint density at radius 1 is 1.19 bits per heavy atom. The Bertz CT molecular complexity index is 1020. The molecular weight excluding hydrogens is 409 g/mol. The molecule has 8 heteroatoms. The zero-order valence-electron chi connectivity index (χ0n) is 18.6. The van der Waals surface area contributed by atoms with Gasteiger partial charge in [-0.05, 0) is 56.2 Å². The first-order chi connectivity index (χ1) is 15.4.